The molecule has 0 radical (unpaired) electrons. The molecule has 24 heavy (non-hydrogen) atoms. The number of rotatable bonds is 6. The Morgan fingerprint density at radius 2 is 1.83 bits per heavy atom. The highest BCUT2D eigenvalue weighted by Crippen LogP contribution is 2.25. The zero-order chi connectivity index (χ0) is 17.7. The van der Waals surface area contributed by atoms with Crippen molar-refractivity contribution in [2.75, 3.05) is 18.1 Å². The fraction of sp³-hybridized carbons (Fsp3) is 0.526. The van der Waals surface area contributed by atoms with Gasteiger partial charge in [-0.05, 0) is 43.9 Å². The lowest BCUT2D eigenvalue weighted by molar-refractivity contribution is -0.124. The summed E-state index contributed by atoms with van der Waals surface area (Å²) in [4.78, 5) is 27.0. The van der Waals surface area contributed by atoms with Crippen LogP contribution in [0.2, 0.25) is 0 Å². The van der Waals surface area contributed by atoms with Crippen molar-refractivity contribution >= 4 is 23.2 Å². The molecule has 0 fully saturated rings. The first-order chi connectivity index (χ1) is 11.5. The maximum absolute atomic E-state index is 12.8. The van der Waals surface area contributed by atoms with Gasteiger partial charge in [0.15, 0.2) is 0 Å². The van der Waals surface area contributed by atoms with Crippen molar-refractivity contribution in [3.8, 4) is 0 Å². The van der Waals surface area contributed by atoms with Crippen molar-refractivity contribution in [2.24, 2.45) is 5.10 Å². The minimum Gasteiger partial charge on any atom is -0.338 e. The highest BCUT2D eigenvalue weighted by Gasteiger charge is 2.28. The Morgan fingerprint density at radius 1 is 1.17 bits per heavy atom. The van der Waals surface area contributed by atoms with E-state index >= 15 is 0 Å². The average Bonchev–Trinajstić information content (AvgIpc) is 2.57. The van der Waals surface area contributed by atoms with Gasteiger partial charge in [0.1, 0.15) is 5.71 Å². The third-order valence-electron chi connectivity index (χ3n) is 4.15. The van der Waals surface area contributed by atoms with Crippen LogP contribution in [0, 0.1) is 13.8 Å². The molecular weight excluding hydrogens is 302 g/mol. The molecule has 0 N–H and O–H groups in total. The number of benzene rings is 1. The predicted octanol–water partition coefficient (Wildman–Crippen LogP) is 3.43. The summed E-state index contributed by atoms with van der Waals surface area (Å²) in [5, 5.41) is 5.84. The largest absolute Gasteiger partial charge is 0.338 e. The molecule has 2 amide bonds. The van der Waals surface area contributed by atoms with E-state index in [9.17, 15) is 9.59 Å². The second kappa shape index (κ2) is 8.08. The molecule has 0 aromatic heterocycles. The Kier molecular flexibility index (Phi) is 6.12. The highest BCUT2D eigenvalue weighted by atomic mass is 16.2. The topological polar surface area (TPSA) is 53.0 Å². The number of aryl methyl sites for hydroxylation is 2. The summed E-state index contributed by atoms with van der Waals surface area (Å²) >= 11 is 0. The molecular formula is C19H27N3O2. The van der Waals surface area contributed by atoms with Gasteiger partial charge < -0.3 is 4.90 Å². The molecule has 1 aliphatic rings. The van der Waals surface area contributed by atoms with Gasteiger partial charge in [-0.25, -0.2) is 5.01 Å². The van der Waals surface area contributed by atoms with Crippen molar-refractivity contribution in [2.45, 2.75) is 53.4 Å². The number of anilines is 1. The summed E-state index contributed by atoms with van der Waals surface area (Å²) in [5.74, 6) is -0.0979. The summed E-state index contributed by atoms with van der Waals surface area (Å²) in [6.07, 6.45) is 2.57. The van der Waals surface area contributed by atoms with E-state index in [2.05, 4.69) is 18.9 Å². The van der Waals surface area contributed by atoms with Gasteiger partial charge in [-0.1, -0.05) is 26.0 Å². The van der Waals surface area contributed by atoms with Crippen LogP contribution in [0.1, 0.15) is 50.7 Å². The van der Waals surface area contributed by atoms with E-state index in [1.165, 1.54) is 5.01 Å². The van der Waals surface area contributed by atoms with Crippen LogP contribution in [0.25, 0.3) is 0 Å². The number of carbonyl (C=O) groups excluding carboxylic acids is 2. The van der Waals surface area contributed by atoms with Gasteiger partial charge in [0, 0.05) is 25.9 Å². The van der Waals surface area contributed by atoms with Crippen LogP contribution in [0.4, 0.5) is 5.69 Å². The first-order valence-corrected chi connectivity index (χ1v) is 8.74. The summed E-state index contributed by atoms with van der Waals surface area (Å²) in [5.41, 5.74) is 3.29. The molecule has 0 aliphatic carbocycles. The second-order valence-corrected chi connectivity index (χ2v) is 6.33. The quantitative estimate of drug-likeness (QED) is 0.803. The van der Waals surface area contributed by atoms with E-state index in [1.807, 2.05) is 36.9 Å². The monoisotopic (exact) mass is 329 g/mol. The average molecular weight is 329 g/mol. The Bertz CT molecular complexity index is 646. The summed E-state index contributed by atoms with van der Waals surface area (Å²) in [6, 6.07) is 5.93. The lowest BCUT2D eigenvalue weighted by Gasteiger charge is -2.28. The standard InChI is InChI=1S/C19H27N3O2/c1-5-11-21(12-6-2)19(24)16-9-10-18(23)22(20-16)17-13-14(3)7-8-15(17)4/h7-8,13H,5-6,9-12H2,1-4H3. The Labute approximate surface area is 144 Å². The molecule has 130 valence electrons. The maximum Gasteiger partial charge on any atom is 0.270 e. The molecule has 5 nitrogen and oxygen atoms in total. The molecule has 0 bridgehead atoms. The zero-order valence-electron chi connectivity index (χ0n) is 15.1. The van der Waals surface area contributed by atoms with Gasteiger partial charge in [0.05, 0.1) is 5.69 Å². The third-order valence-corrected chi connectivity index (χ3v) is 4.15. The number of hydrogen-bond acceptors (Lipinski definition) is 3. The van der Waals surface area contributed by atoms with Gasteiger partial charge in [-0.3, -0.25) is 9.59 Å². The fourth-order valence-electron chi connectivity index (χ4n) is 2.88. The van der Waals surface area contributed by atoms with Gasteiger partial charge in [0.25, 0.3) is 5.91 Å². The molecule has 2 rings (SSSR count). The summed E-state index contributed by atoms with van der Waals surface area (Å²) in [7, 11) is 0. The number of carbonyl (C=O) groups is 2. The van der Waals surface area contributed by atoms with Crippen LogP contribution in [-0.2, 0) is 9.59 Å². The lowest BCUT2D eigenvalue weighted by atomic mass is 10.1. The molecule has 0 spiro atoms. The number of amides is 2. The van der Waals surface area contributed by atoms with Crippen LogP contribution in [-0.4, -0.2) is 35.5 Å². The van der Waals surface area contributed by atoms with Crippen molar-refractivity contribution < 1.29 is 9.59 Å². The Balaban J connectivity index is 2.33. The molecule has 1 aromatic rings. The van der Waals surface area contributed by atoms with Gasteiger partial charge in [-0.15, -0.1) is 0 Å². The van der Waals surface area contributed by atoms with Gasteiger partial charge >= 0.3 is 0 Å². The van der Waals surface area contributed by atoms with Crippen LogP contribution in [0.15, 0.2) is 23.3 Å². The summed E-state index contributed by atoms with van der Waals surface area (Å²) < 4.78 is 0. The van der Waals surface area contributed by atoms with E-state index < -0.39 is 0 Å². The smallest absolute Gasteiger partial charge is 0.270 e. The molecule has 1 aliphatic heterocycles. The summed E-state index contributed by atoms with van der Waals surface area (Å²) in [6.45, 7) is 9.51. The number of hydrazone groups is 1. The van der Waals surface area contributed by atoms with E-state index in [0.29, 0.717) is 18.6 Å². The number of nitrogens with zero attached hydrogens (tertiary/aromatic N) is 3. The first kappa shape index (κ1) is 18.2. The van der Waals surface area contributed by atoms with Crippen molar-refractivity contribution in [1.82, 2.24) is 4.90 Å². The van der Waals surface area contributed by atoms with Gasteiger partial charge in [-0.2, -0.15) is 5.10 Å². The molecule has 0 saturated carbocycles. The van der Waals surface area contributed by atoms with Crippen LogP contribution >= 0.6 is 0 Å². The van der Waals surface area contributed by atoms with E-state index in [-0.39, 0.29) is 11.8 Å². The van der Waals surface area contributed by atoms with Crippen molar-refractivity contribution in [3.63, 3.8) is 0 Å². The Morgan fingerprint density at radius 3 is 2.46 bits per heavy atom. The molecule has 1 aromatic carbocycles. The second-order valence-electron chi connectivity index (χ2n) is 6.33. The van der Waals surface area contributed by atoms with E-state index in [1.54, 1.807) is 0 Å². The molecule has 5 heteroatoms. The molecule has 0 atom stereocenters. The van der Waals surface area contributed by atoms with Crippen LogP contribution < -0.4 is 5.01 Å². The van der Waals surface area contributed by atoms with E-state index in [0.717, 1.165) is 42.7 Å². The van der Waals surface area contributed by atoms with E-state index in [4.69, 9.17) is 0 Å². The molecule has 0 saturated heterocycles. The lowest BCUT2D eigenvalue weighted by Crippen LogP contribution is -2.42. The minimum atomic E-state index is -0.0576. The highest BCUT2D eigenvalue weighted by molar-refractivity contribution is 6.40. The molecule has 1 heterocycles. The normalized spacial score (nSPS) is 14.6. The predicted molar refractivity (Wildman–Crippen MR) is 97.2 cm³/mol. The Hall–Kier alpha value is -2.17. The zero-order valence-corrected chi connectivity index (χ0v) is 15.1. The SMILES string of the molecule is CCCN(CCC)C(=O)C1=NN(c2cc(C)ccc2C)C(=O)CC1. The van der Waals surface area contributed by atoms with Gasteiger partial charge in [0.2, 0.25) is 5.91 Å². The van der Waals surface area contributed by atoms with Crippen LogP contribution in [0.5, 0.6) is 0 Å². The van der Waals surface area contributed by atoms with Crippen molar-refractivity contribution in [1.29, 1.82) is 0 Å². The maximum atomic E-state index is 12.8. The number of hydrogen-bond donors (Lipinski definition) is 0. The third kappa shape index (κ3) is 4.02. The molecule has 0 unspecified atom stereocenters. The fourth-order valence-corrected chi connectivity index (χ4v) is 2.88. The van der Waals surface area contributed by atoms with Crippen molar-refractivity contribution in [3.05, 3.63) is 29.3 Å². The van der Waals surface area contributed by atoms with Crippen LogP contribution in [0.3, 0.4) is 0 Å². The minimum absolute atomic E-state index is 0.0403. The first-order valence-electron chi connectivity index (χ1n) is 8.74.